The topological polar surface area (TPSA) is 49.4 Å². The highest BCUT2D eigenvalue weighted by molar-refractivity contribution is 6.10. The van der Waals surface area contributed by atoms with Crippen molar-refractivity contribution in [2.45, 2.75) is 44.1 Å². The van der Waals surface area contributed by atoms with E-state index >= 15 is 0 Å². The van der Waals surface area contributed by atoms with Crippen LogP contribution in [-0.4, -0.2) is 17.9 Å². The Balaban J connectivity index is 1.78. The van der Waals surface area contributed by atoms with Crippen LogP contribution in [0.5, 0.6) is 0 Å². The lowest BCUT2D eigenvalue weighted by Crippen LogP contribution is -2.51. The molecule has 2 heterocycles. The number of aryl methyl sites for hydroxylation is 1. The minimum absolute atomic E-state index is 0.0390. The van der Waals surface area contributed by atoms with Crippen molar-refractivity contribution in [3.63, 3.8) is 0 Å². The summed E-state index contributed by atoms with van der Waals surface area (Å²) in [7, 11) is 0. The fourth-order valence-corrected chi connectivity index (χ4v) is 3.93. The number of hydrogen-bond donors (Lipinski definition) is 1. The van der Waals surface area contributed by atoms with Gasteiger partial charge in [0.1, 0.15) is 6.04 Å². The van der Waals surface area contributed by atoms with Crippen LogP contribution in [-0.2, 0) is 16.0 Å². The Morgan fingerprint density at radius 1 is 1.19 bits per heavy atom. The molecule has 1 fully saturated rings. The normalized spacial score (nSPS) is 27.6. The van der Waals surface area contributed by atoms with Gasteiger partial charge in [-0.25, -0.2) is 0 Å². The van der Waals surface area contributed by atoms with Crippen LogP contribution in [0.15, 0.2) is 30.5 Å². The van der Waals surface area contributed by atoms with E-state index in [9.17, 15) is 9.59 Å². The maximum Gasteiger partial charge on any atom is 0.247 e. The summed E-state index contributed by atoms with van der Waals surface area (Å²) in [5, 5.41) is 2.79. The molecule has 2 aliphatic heterocycles. The third-order valence-corrected chi connectivity index (χ3v) is 4.89. The van der Waals surface area contributed by atoms with Gasteiger partial charge in [0, 0.05) is 11.4 Å². The van der Waals surface area contributed by atoms with Crippen molar-refractivity contribution in [3.8, 4) is 0 Å². The second-order valence-corrected chi connectivity index (χ2v) is 6.15. The number of piperidine rings is 1. The van der Waals surface area contributed by atoms with Crippen LogP contribution < -0.4 is 10.2 Å². The summed E-state index contributed by atoms with van der Waals surface area (Å²) in [5.41, 5.74) is 4.15. The van der Waals surface area contributed by atoms with Gasteiger partial charge in [-0.15, -0.1) is 0 Å². The molecular formula is C17H18N2O2. The number of anilines is 1. The fraction of sp³-hybridized carbons (Fsp3) is 0.412. The van der Waals surface area contributed by atoms with Gasteiger partial charge < -0.3 is 5.32 Å². The molecule has 4 heteroatoms. The van der Waals surface area contributed by atoms with Crippen molar-refractivity contribution in [2.24, 2.45) is 0 Å². The molecule has 108 valence electrons. The molecule has 0 radical (unpaired) electrons. The van der Waals surface area contributed by atoms with Crippen LogP contribution in [0, 0.1) is 0 Å². The Morgan fingerprint density at radius 3 is 2.86 bits per heavy atom. The monoisotopic (exact) mass is 282 g/mol. The van der Waals surface area contributed by atoms with Crippen LogP contribution in [0.3, 0.4) is 0 Å². The first-order valence-corrected chi connectivity index (χ1v) is 7.60. The van der Waals surface area contributed by atoms with Gasteiger partial charge in [0.25, 0.3) is 0 Å². The lowest BCUT2D eigenvalue weighted by molar-refractivity contribution is -0.127. The highest BCUT2D eigenvalue weighted by Gasteiger charge is 2.45. The molecule has 1 aromatic rings. The van der Waals surface area contributed by atoms with Crippen LogP contribution in [0.2, 0.25) is 0 Å². The highest BCUT2D eigenvalue weighted by atomic mass is 16.2. The largest absolute Gasteiger partial charge is 0.329 e. The second kappa shape index (κ2) is 4.45. The summed E-state index contributed by atoms with van der Waals surface area (Å²) < 4.78 is 0. The molecule has 0 spiro atoms. The Morgan fingerprint density at radius 2 is 2.05 bits per heavy atom. The number of amides is 2. The molecular weight excluding hydrogens is 264 g/mol. The van der Waals surface area contributed by atoms with Crippen LogP contribution in [0.25, 0.3) is 0 Å². The SMILES string of the molecule is C=C1CCC(N2C(=O)C3CCCc4cccc2c43)C(=O)N1. The fourth-order valence-electron chi connectivity index (χ4n) is 3.93. The van der Waals surface area contributed by atoms with Crippen LogP contribution in [0.4, 0.5) is 5.69 Å². The molecule has 4 nitrogen and oxygen atoms in total. The van der Waals surface area contributed by atoms with Crippen molar-refractivity contribution in [1.82, 2.24) is 5.32 Å². The van der Waals surface area contributed by atoms with E-state index in [1.807, 2.05) is 12.1 Å². The zero-order valence-corrected chi connectivity index (χ0v) is 11.9. The molecule has 0 saturated carbocycles. The molecule has 0 aromatic heterocycles. The van der Waals surface area contributed by atoms with Gasteiger partial charge in [0.05, 0.1) is 5.92 Å². The van der Waals surface area contributed by atoms with Gasteiger partial charge in [0.2, 0.25) is 11.8 Å². The number of carbonyl (C=O) groups excluding carboxylic acids is 2. The maximum atomic E-state index is 12.8. The number of benzene rings is 1. The number of allylic oxidation sites excluding steroid dienone is 1. The summed E-state index contributed by atoms with van der Waals surface area (Å²) in [4.78, 5) is 26.9. The van der Waals surface area contributed by atoms with Gasteiger partial charge in [0.15, 0.2) is 0 Å². The first-order valence-electron chi connectivity index (χ1n) is 7.60. The molecule has 21 heavy (non-hydrogen) atoms. The maximum absolute atomic E-state index is 12.8. The lowest BCUT2D eigenvalue weighted by Gasteiger charge is -2.31. The zero-order chi connectivity index (χ0) is 14.6. The molecule has 2 atom stereocenters. The van der Waals surface area contributed by atoms with Crippen molar-refractivity contribution in [3.05, 3.63) is 41.6 Å². The number of carbonyl (C=O) groups is 2. The average Bonchev–Trinajstić information content (AvgIpc) is 2.75. The molecule has 1 N–H and O–H groups in total. The van der Waals surface area contributed by atoms with E-state index in [-0.39, 0.29) is 23.8 Å². The summed E-state index contributed by atoms with van der Waals surface area (Å²) in [6.07, 6.45) is 4.38. The van der Waals surface area contributed by atoms with Gasteiger partial charge in [-0.1, -0.05) is 18.7 Å². The molecule has 1 aromatic carbocycles. The van der Waals surface area contributed by atoms with Gasteiger partial charge in [-0.2, -0.15) is 0 Å². The van der Waals surface area contributed by atoms with E-state index in [2.05, 4.69) is 18.0 Å². The predicted octanol–water partition coefficient (Wildman–Crippen LogP) is 2.25. The molecule has 2 amide bonds. The second-order valence-electron chi connectivity index (χ2n) is 6.15. The number of hydrogen-bond acceptors (Lipinski definition) is 2. The molecule has 3 aliphatic rings. The summed E-state index contributed by atoms with van der Waals surface area (Å²) in [5.74, 6) is -0.0384. The van der Waals surface area contributed by atoms with E-state index < -0.39 is 0 Å². The smallest absolute Gasteiger partial charge is 0.247 e. The summed E-state index contributed by atoms with van der Waals surface area (Å²) >= 11 is 0. The first-order chi connectivity index (χ1) is 10.2. The van der Waals surface area contributed by atoms with E-state index in [4.69, 9.17) is 0 Å². The van der Waals surface area contributed by atoms with Crippen molar-refractivity contribution < 1.29 is 9.59 Å². The Kier molecular flexibility index (Phi) is 2.67. The Hall–Kier alpha value is -2.10. The van der Waals surface area contributed by atoms with Crippen LogP contribution >= 0.6 is 0 Å². The lowest BCUT2D eigenvalue weighted by atomic mass is 9.84. The summed E-state index contributed by atoms with van der Waals surface area (Å²) in [6, 6.07) is 5.71. The zero-order valence-electron chi connectivity index (χ0n) is 11.9. The quantitative estimate of drug-likeness (QED) is 0.859. The van der Waals surface area contributed by atoms with Crippen molar-refractivity contribution in [2.75, 3.05) is 4.90 Å². The minimum atomic E-state index is -0.389. The van der Waals surface area contributed by atoms with Gasteiger partial charge in [-0.3, -0.25) is 14.5 Å². The molecule has 0 bridgehead atoms. The highest BCUT2D eigenvalue weighted by Crippen LogP contribution is 2.46. The number of rotatable bonds is 1. The molecule has 4 rings (SSSR count). The minimum Gasteiger partial charge on any atom is -0.329 e. The number of nitrogens with zero attached hydrogens (tertiary/aromatic N) is 1. The van der Waals surface area contributed by atoms with E-state index in [1.54, 1.807) is 4.90 Å². The van der Waals surface area contributed by atoms with Gasteiger partial charge >= 0.3 is 0 Å². The molecule has 2 unspecified atom stereocenters. The van der Waals surface area contributed by atoms with E-state index in [0.29, 0.717) is 6.42 Å². The number of nitrogens with one attached hydrogen (secondary N) is 1. The van der Waals surface area contributed by atoms with E-state index in [1.165, 1.54) is 11.1 Å². The third kappa shape index (κ3) is 1.75. The first kappa shape index (κ1) is 12.6. The van der Waals surface area contributed by atoms with Crippen molar-refractivity contribution >= 4 is 17.5 Å². The van der Waals surface area contributed by atoms with Crippen molar-refractivity contribution in [1.29, 1.82) is 0 Å². The average molecular weight is 282 g/mol. The Bertz CT molecular complexity index is 665. The molecule has 1 saturated heterocycles. The van der Waals surface area contributed by atoms with E-state index in [0.717, 1.165) is 37.1 Å². The van der Waals surface area contributed by atoms with Gasteiger partial charge in [-0.05, 0) is 49.3 Å². The standard InChI is InChI=1S/C17H18N2O2/c1-10-8-9-14(16(20)18-10)19-13-7-3-5-11-4-2-6-12(15(11)13)17(19)21/h3,5,7,12,14H,1-2,4,6,8-9H2,(H,18,20). The predicted molar refractivity (Wildman–Crippen MR) is 79.9 cm³/mol. The summed E-state index contributed by atoms with van der Waals surface area (Å²) in [6.45, 7) is 3.81. The molecule has 1 aliphatic carbocycles. The van der Waals surface area contributed by atoms with Crippen LogP contribution in [0.1, 0.15) is 42.7 Å². The third-order valence-electron chi connectivity index (χ3n) is 4.89. The Labute approximate surface area is 123 Å².